The number of para-hydroxylation sites is 1. The van der Waals surface area contributed by atoms with Crippen LogP contribution in [0, 0.1) is 10.1 Å². The van der Waals surface area contributed by atoms with Gasteiger partial charge in [0.15, 0.2) is 9.84 Å². The summed E-state index contributed by atoms with van der Waals surface area (Å²) in [5, 5.41) is 13.9. The summed E-state index contributed by atoms with van der Waals surface area (Å²) in [6, 6.07) is 4.85. The summed E-state index contributed by atoms with van der Waals surface area (Å²) in [4.78, 5) is 12.7. The predicted molar refractivity (Wildman–Crippen MR) is 81.2 cm³/mol. The minimum atomic E-state index is -2.96. The van der Waals surface area contributed by atoms with E-state index < -0.39 is 14.8 Å². The van der Waals surface area contributed by atoms with Gasteiger partial charge in [0, 0.05) is 32.2 Å². The van der Waals surface area contributed by atoms with Gasteiger partial charge in [0.05, 0.1) is 16.4 Å². The number of hydrogen-bond acceptors (Lipinski definition) is 6. The molecule has 0 saturated carbocycles. The van der Waals surface area contributed by atoms with Crippen molar-refractivity contribution in [2.45, 2.75) is 19.5 Å². The molecule has 8 heteroatoms. The number of rotatable bonds is 4. The number of nitro groups is 1. The van der Waals surface area contributed by atoms with Gasteiger partial charge in [-0.25, -0.2) is 8.42 Å². The molecule has 21 heavy (non-hydrogen) atoms. The maximum absolute atomic E-state index is 11.6. The van der Waals surface area contributed by atoms with Gasteiger partial charge in [-0.15, -0.1) is 0 Å². The number of nitrogens with zero attached hydrogens (tertiary/aromatic N) is 2. The maximum Gasteiger partial charge on any atom is 0.292 e. The van der Waals surface area contributed by atoms with Crippen LogP contribution in [0.25, 0.3) is 0 Å². The van der Waals surface area contributed by atoms with Crippen LogP contribution in [0.3, 0.4) is 0 Å². The maximum atomic E-state index is 11.6. The lowest BCUT2D eigenvalue weighted by Gasteiger charge is -2.33. The van der Waals surface area contributed by atoms with Crippen molar-refractivity contribution >= 4 is 21.2 Å². The third-order valence-electron chi connectivity index (χ3n) is 3.76. The highest BCUT2D eigenvalue weighted by Gasteiger charge is 2.29. The Balaban J connectivity index is 2.24. The zero-order valence-electron chi connectivity index (χ0n) is 12.1. The first-order chi connectivity index (χ1) is 9.84. The van der Waals surface area contributed by atoms with E-state index in [0.717, 1.165) is 5.56 Å². The fraction of sp³-hybridized carbons (Fsp3) is 0.538. The SMILES string of the molecule is CNc1c(CN2CCS(=O)(=O)CC2C)cccc1[N+](=O)[O-]. The molecule has 1 atom stereocenters. The number of anilines is 1. The van der Waals surface area contributed by atoms with Crippen LogP contribution in [0.4, 0.5) is 11.4 Å². The molecule has 2 rings (SSSR count). The van der Waals surface area contributed by atoms with Crippen molar-refractivity contribution in [2.75, 3.05) is 30.4 Å². The first kappa shape index (κ1) is 15.7. The summed E-state index contributed by atoms with van der Waals surface area (Å²) in [6.45, 7) is 2.82. The van der Waals surface area contributed by atoms with E-state index in [1.807, 2.05) is 17.9 Å². The number of sulfone groups is 1. The molecule has 116 valence electrons. The standard InChI is InChI=1S/C13H19N3O4S/c1-10-9-21(19,20)7-6-15(10)8-11-4-3-5-12(16(17)18)13(11)14-2/h3-5,10,14H,6-9H2,1-2H3. The molecule has 0 radical (unpaired) electrons. The number of nitro benzene ring substituents is 1. The van der Waals surface area contributed by atoms with Crippen molar-refractivity contribution in [1.82, 2.24) is 4.90 Å². The zero-order valence-corrected chi connectivity index (χ0v) is 12.9. The van der Waals surface area contributed by atoms with Gasteiger partial charge in [-0.05, 0) is 12.5 Å². The van der Waals surface area contributed by atoms with Crippen LogP contribution >= 0.6 is 0 Å². The van der Waals surface area contributed by atoms with Crippen LogP contribution < -0.4 is 5.32 Å². The fourth-order valence-electron chi connectivity index (χ4n) is 2.65. The topological polar surface area (TPSA) is 92.6 Å². The quantitative estimate of drug-likeness (QED) is 0.664. The van der Waals surface area contributed by atoms with Crippen LogP contribution in [0.15, 0.2) is 18.2 Å². The molecule has 1 N–H and O–H groups in total. The average Bonchev–Trinajstić information content (AvgIpc) is 2.41. The molecule has 0 bridgehead atoms. The number of benzene rings is 1. The molecule has 1 aliphatic heterocycles. The van der Waals surface area contributed by atoms with Crippen LogP contribution in [0.2, 0.25) is 0 Å². The molecule has 1 unspecified atom stereocenters. The van der Waals surface area contributed by atoms with Crippen molar-refractivity contribution in [2.24, 2.45) is 0 Å². The van der Waals surface area contributed by atoms with E-state index in [9.17, 15) is 18.5 Å². The molecule has 1 saturated heterocycles. The molecule has 7 nitrogen and oxygen atoms in total. The second-order valence-electron chi connectivity index (χ2n) is 5.25. The molecule has 0 spiro atoms. The fourth-order valence-corrected chi connectivity index (χ4v) is 4.27. The summed E-state index contributed by atoms with van der Waals surface area (Å²) < 4.78 is 23.2. The van der Waals surface area contributed by atoms with Crippen LogP contribution in [0.1, 0.15) is 12.5 Å². The van der Waals surface area contributed by atoms with Crippen LogP contribution in [-0.4, -0.2) is 49.4 Å². The molecule has 1 aromatic rings. The Hall–Kier alpha value is -1.67. The van der Waals surface area contributed by atoms with E-state index in [4.69, 9.17) is 0 Å². The molecular formula is C13H19N3O4S. The summed E-state index contributed by atoms with van der Waals surface area (Å²) >= 11 is 0. The lowest BCUT2D eigenvalue weighted by Crippen LogP contribution is -2.46. The Morgan fingerprint density at radius 1 is 1.48 bits per heavy atom. The van der Waals surface area contributed by atoms with E-state index in [0.29, 0.717) is 18.8 Å². The van der Waals surface area contributed by atoms with E-state index in [1.165, 1.54) is 6.07 Å². The minimum absolute atomic E-state index is 0.0345. The first-order valence-electron chi connectivity index (χ1n) is 6.72. The van der Waals surface area contributed by atoms with Crippen molar-refractivity contribution in [3.8, 4) is 0 Å². The zero-order chi connectivity index (χ0) is 15.6. The highest BCUT2D eigenvalue weighted by Crippen LogP contribution is 2.29. The van der Waals surface area contributed by atoms with Gasteiger partial charge in [-0.2, -0.15) is 0 Å². The Morgan fingerprint density at radius 3 is 2.76 bits per heavy atom. The van der Waals surface area contributed by atoms with E-state index in [1.54, 1.807) is 13.1 Å². The van der Waals surface area contributed by atoms with Gasteiger partial charge in [0.25, 0.3) is 5.69 Å². The summed E-state index contributed by atoms with van der Waals surface area (Å²) in [5.74, 6) is 0.276. The Morgan fingerprint density at radius 2 is 2.19 bits per heavy atom. The largest absolute Gasteiger partial charge is 0.382 e. The van der Waals surface area contributed by atoms with Crippen molar-refractivity contribution < 1.29 is 13.3 Å². The second kappa shape index (κ2) is 5.98. The van der Waals surface area contributed by atoms with Gasteiger partial charge in [0.1, 0.15) is 5.69 Å². The second-order valence-corrected chi connectivity index (χ2v) is 7.48. The smallest absolute Gasteiger partial charge is 0.292 e. The molecule has 0 aliphatic carbocycles. The summed E-state index contributed by atoms with van der Waals surface area (Å²) in [5.41, 5.74) is 1.33. The van der Waals surface area contributed by atoms with E-state index in [-0.39, 0.29) is 23.2 Å². The van der Waals surface area contributed by atoms with Gasteiger partial charge in [-0.1, -0.05) is 12.1 Å². The lowest BCUT2D eigenvalue weighted by atomic mass is 10.1. The van der Waals surface area contributed by atoms with Crippen molar-refractivity contribution in [3.05, 3.63) is 33.9 Å². The van der Waals surface area contributed by atoms with E-state index in [2.05, 4.69) is 5.32 Å². The first-order valence-corrected chi connectivity index (χ1v) is 8.54. The van der Waals surface area contributed by atoms with Gasteiger partial charge in [0.2, 0.25) is 0 Å². The molecule has 1 fully saturated rings. The number of hydrogen-bond donors (Lipinski definition) is 1. The van der Waals surface area contributed by atoms with Crippen LogP contribution in [0.5, 0.6) is 0 Å². The van der Waals surface area contributed by atoms with E-state index >= 15 is 0 Å². The minimum Gasteiger partial charge on any atom is -0.382 e. The van der Waals surface area contributed by atoms with Crippen molar-refractivity contribution in [3.63, 3.8) is 0 Å². The third kappa shape index (κ3) is 3.51. The monoisotopic (exact) mass is 313 g/mol. The Labute approximate surface area is 124 Å². The average molecular weight is 313 g/mol. The third-order valence-corrected chi connectivity index (χ3v) is 5.55. The Kier molecular flexibility index (Phi) is 4.48. The lowest BCUT2D eigenvalue weighted by molar-refractivity contribution is -0.384. The number of nitrogens with one attached hydrogen (secondary N) is 1. The molecule has 0 amide bonds. The molecule has 1 aliphatic rings. The van der Waals surface area contributed by atoms with Crippen LogP contribution in [-0.2, 0) is 16.4 Å². The normalized spacial score (nSPS) is 21.9. The van der Waals surface area contributed by atoms with Gasteiger partial charge < -0.3 is 5.32 Å². The predicted octanol–water partition coefficient (Wildman–Crippen LogP) is 1.26. The molecular weight excluding hydrogens is 294 g/mol. The highest BCUT2D eigenvalue weighted by atomic mass is 32.2. The summed E-state index contributed by atoms with van der Waals surface area (Å²) in [7, 11) is -1.31. The Bertz CT molecular complexity index is 645. The molecule has 1 aromatic carbocycles. The summed E-state index contributed by atoms with van der Waals surface area (Å²) in [6.07, 6.45) is 0. The molecule has 1 heterocycles. The van der Waals surface area contributed by atoms with Crippen molar-refractivity contribution in [1.29, 1.82) is 0 Å². The highest BCUT2D eigenvalue weighted by molar-refractivity contribution is 7.91. The molecule has 0 aromatic heterocycles. The van der Waals surface area contributed by atoms with Gasteiger partial charge >= 0.3 is 0 Å². The van der Waals surface area contributed by atoms with Gasteiger partial charge in [-0.3, -0.25) is 15.0 Å².